The van der Waals surface area contributed by atoms with Crippen LogP contribution in [0, 0.1) is 0 Å². The first-order valence-corrected chi connectivity index (χ1v) is 4.48. The summed E-state index contributed by atoms with van der Waals surface area (Å²) in [5, 5.41) is 0. The van der Waals surface area contributed by atoms with Gasteiger partial charge in [-0.1, -0.05) is 25.5 Å². The molecule has 0 aliphatic carbocycles. The van der Waals surface area contributed by atoms with Crippen LogP contribution in [0.1, 0.15) is 32.6 Å². The van der Waals surface area contributed by atoms with E-state index in [1.54, 1.807) is 0 Å². The van der Waals surface area contributed by atoms with Crippen molar-refractivity contribution in [3.63, 3.8) is 0 Å². The molecule has 0 atom stereocenters. The zero-order valence-electron chi connectivity index (χ0n) is 8.19. The van der Waals surface area contributed by atoms with Crippen LogP contribution < -0.4 is 0 Å². The summed E-state index contributed by atoms with van der Waals surface area (Å²) < 4.78 is 0. The average Bonchev–Trinajstić information content (AvgIpc) is 1.97. The van der Waals surface area contributed by atoms with E-state index < -0.39 is 0 Å². The molecule has 0 aromatic carbocycles. The zero-order valence-corrected chi connectivity index (χ0v) is 8.19. The Balaban J connectivity index is 3.23. The predicted octanol–water partition coefficient (Wildman–Crippen LogP) is 2.68. The lowest BCUT2D eigenvalue weighted by Gasteiger charge is -2.10. The molecule has 0 rings (SSSR count). The van der Waals surface area contributed by atoms with Gasteiger partial charge >= 0.3 is 0 Å². The highest BCUT2D eigenvalue weighted by atomic mass is 15.0. The number of hydrogen-bond acceptors (Lipinski definition) is 1. The van der Waals surface area contributed by atoms with Crippen molar-refractivity contribution in [1.82, 2.24) is 4.90 Å². The highest BCUT2D eigenvalue weighted by molar-refractivity contribution is 4.93. The Morgan fingerprint density at radius 3 is 2.36 bits per heavy atom. The third-order valence-corrected chi connectivity index (χ3v) is 1.80. The Morgan fingerprint density at radius 2 is 1.91 bits per heavy atom. The molecule has 0 aliphatic heterocycles. The minimum atomic E-state index is 1.14. The van der Waals surface area contributed by atoms with E-state index >= 15 is 0 Å². The van der Waals surface area contributed by atoms with Crippen molar-refractivity contribution in [1.29, 1.82) is 0 Å². The fraction of sp³-hybridized carbons (Fsp3) is 0.800. The standard InChI is InChI=1S/C10H21N/c1-5-6-7-10(2)8-9-11(3)4/h2,5-9H2,1,3-4H3. The first-order valence-electron chi connectivity index (χ1n) is 4.48. The van der Waals surface area contributed by atoms with Crippen molar-refractivity contribution in [3.8, 4) is 0 Å². The monoisotopic (exact) mass is 155 g/mol. The second-order valence-electron chi connectivity index (χ2n) is 3.41. The van der Waals surface area contributed by atoms with Crippen LogP contribution in [0.15, 0.2) is 12.2 Å². The van der Waals surface area contributed by atoms with Crippen molar-refractivity contribution in [3.05, 3.63) is 12.2 Å². The van der Waals surface area contributed by atoms with Gasteiger partial charge in [0.25, 0.3) is 0 Å². The quantitative estimate of drug-likeness (QED) is 0.533. The highest BCUT2D eigenvalue weighted by Crippen LogP contribution is 2.08. The Labute approximate surface area is 71.1 Å². The third-order valence-electron chi connectivity index (χ3n) is 1.80. The maximum absolute atomic E-state index is 4.04. The normalized spacial score (nSPS) is 10.5. The van der Waals surface area contributed by atoms with E-state index in [0.29, 0.717) is 0 Å². The van der Waals surface area contributed by atoms with Gasteiger partial charge in [0.05, 0.1) is 0 Å². The molecular weight excluding hydrogens is 134 g/mol. The Morgan fingerprint density at radius 1 is 1.27 bits per heavy atom. The van der Waals surface area contributed by atoms with Crippen LogP contribution in [-0.2, 0) is 0 Å². The van der Waals surface area contributed by atoms with E-state index in [-0.39, 0.29) is 0 Å². The zero-order chi connectivity index (χ0) is 8.69. The molecule has 0 bridgehead atoms. The summed E-state index contributed by atoms with van der Waals surface area (Å²) in [6.07, 6.45) is 4.95. The second kappa shape index (κ2) is 6.41. The van der Waals surface area contributed by atoms with Crippen LogP contribution >= 0.6 is 0 Å². The molecule has 0 saturated carbocycles. The van der Waals surface area contributed by atoms with Gasteiger partial charge in [-0.2, -0.15) is 0 Å². The van der Waals surface area contributed by atoms with Crippen LogP contribution in [0.3, 0.4) is 0 Å². The van der Waals surface area contributed by atoms with Gasteiger partial charge < -0.3 is 4.90 Å². The van der Waals surface area contributed by atoms with E-state index in [0.717, 1.165) is 13.0 Å². The Kier molecular flexibility index (Phi) is 6.24. The molecule has 66 valence electrons. The van der Waals surface area contributed by atoms with Gasteiger partial charge in [-0.15, -0.1) is 0 Å². The van der Waals surface area contributed by atoms with Crippen molar-refractivity contribution in [2.45, 2.75) is 32.6 Å². The largest absolute Gasteiger partial charge is 0.309 e. The SMILES string of the molecule is C=C(CCCC)CCN(C)C. The highest BCUT2D eigenvalue weighted by Gasteiger charge is 1.94. The summed E-state index contributed by atoms with van der Waals surface area (Å²) in [5.41, 5.74) is 1.40. The summed E-state index contributed by atoms with van der Waals surface area (Å²) in [6.45, 7) is 7.40. The summed E-state index contributed by atoms with van der Waals surface area (Å²) >= 11 is 0. The average molecular weight is 155 g/mol. The molecule has 0 aromatic heterocycles. The molecule has 0 spiro atoms. The number of nitrogens with zero attached hydrogens (tertiary/aromatic N) is 1. The van der Waals surface area contributed by atoms with Crippen LogP contribution in [0.25, 0.3) is 0 Å². The van der Waals surface area contributed by atoms with Crippen LogP contribution in [0.5, 0.6) is 0 Å². The maximum atomic E-state index is 4.04. The summed E-state index contributed by atoms with van der Waals surface area (Å²) in [4.78, 5) is 2.21. The number of unbranched alkanes of at least 4 members (excludes halogenated alkanes) is 1. The molecule has 0 aliphatic rings. The first-order chi connectivity index (χ1) is 5.16. The van der Waals surface area contributed by atoms with Gasteiger partial charge in [-0.05, 0) is 33.4 Å². The fourth-order valence-corrected chi connectivity index (χ4v) is 0.933. The van der Waals surface area contributed by atoms with Gasteiger partial charge in [0, 0.05) is 6.54 Å². The summed E-state index contributed by atoms with van der Waals surface area (Å²) in [7, 11) is 4.21. The number of rotatable bonds is 6. The molecule has 0 heterocycles. The van der Waals surface area contributed by atoms with Gasteiger partial charge in [-0.3, -0.25) is 0 Å². The van der Waals surface area contributed by atoms with E-state index in [4.69, 9.17) is 0 Å². The third kappa shape index (κ3) is 7.60. The Hall–Kier alpha value is -0.300. The molecule has 0 radical (unpaired) electrons. The molecule has 0 aromatic rings. The fourth-order valence-electron chi connectivity index (χ4n) is 0.933. The van der Waals surface area contributed by atoms with Gasteiger partial charge in [0.2, 0.25) is 0 Å². The van der Waals surface area contributed by atoms with E-state index in [1.165, 1.54) is 24.8 Å². The van der Waals surface area contributed by atoms with Gasteiger partial charge in [-0.25, -0.2) is 0 Å². The second-order valence-corrected chi connectivity index (χ2v) is 3.41. The van der Waals surface area contributed by atoms with Crippen molar-refractivity contribution >= 4 is 0 Å². The van der Waals surface area contributed by atoms with Crippen molar-refractivity contribution in [2.24, 2.45) is 0 Å². The maximum Gasteiger partial charge on any atom is 0.00124 e. The lowest BCUT2D eigenvalue weighted by atomic mass is 10.1. The summed E-state index contributed by atoms with van der Waals surface area (Å²) in [5.74, 6) is 0. The smallest absolute Gasteiger partial charge is 0.00124 e. The molecule has 1 nitrogen and oxygen atoms in total. The van der Waals surface area contributed by atoms with E-state index in [1.807, 2.05) is 0 Å². The lowest BCUT2D eigenvalue weighted by Crippen LogP contribution is -2.13. The lowest BCUT2D eigenvalue weighted by molar-refractivity contribution is 0.410. The molecule has 0 unspecified atom stereocenters. The molecule has 0 amide bonds. The van der Waals surface area contributed by atoms with Gasteiger partial charge in [0.15, 0.2) is 0 Å². The van der Waals surface area contributed by atoms with Gasteiger partial charge in [0.1, 0.15) is 0 Å². The summed E-state index contributed by atoms with van der Waals surface area (Å²) in [6, 6.07) is 0. The molecule has 11 heavy (non-hydrogen) atoms. The first kappa shape index (κ1) is 10.7. The molecular formula is C10H21N. The Bertz CT molecular complexity index is 105. The molecule has 0 fully saturated rings. The molecule has 1 heteroatoms. The molecule has 0 saturated heterocycles. The van der Waals surface area contributed by atoms with Crippen LogP contribution in [0.4, 0.5) is 0 Å². The van der Waals surface area contributed by atoms with Crippen molar-refractivity contribution in [2.75, 3.05) is 20.6 Å². The van der Waals surface area contributed by atoms with Crippen LogP contribution in [-0.4, -0.2) is 25.5 Å². The van der Waals surface area contributed by atoms with E-state index in [2.05, 4.69) is 32.5 Å². The minimum Gasteiger partial charge on any atom is -0.309 e. The van der Waals surface area contributed by atoms with E-state index in [9.17, 15) is 0 Å². The minimum absolute atomic E-state index is 1.14. The number of hydrogen-bond donors (Lipinski definition) is 0. The topological polar surface area (TPSA) is 3.24 Å². The van der Waals surface area contributed by atoms with Crippen LogP contribution in [0.2, 0.25) is 0 Å². The molecule has 0 N–H and O–H groups in total. The predicted molar refractivity (Wildman–Crippen MR) is 51.8 cm³/mol. The van der Waals surface area contributed by atoms with Crippen molar-refractivity contribution < 1.29 is 0 Å².